The van der Waals surface area contributed by atoms with Gasteiger partial charge in [-0.1, -0.05) is 41.0 Å². The quantitative estimate of drug-likeness (QED) is 0.838. The highest BCUT2D eigenvalue weighted by Crippen LogP contribution is 2.68. The Bertz CT molecular complexity index is 429. The standard InChI is InChI=1S/C16H29N3/c1-7-8-9-19-11-12(2)18-14(19)17-10-13-15(3,4)16(13,5)6/h11,13H,7-10H2,1-6H3,(H,17,18). The predicted octanol–water partition coefficient (Wildman–Crippen LogP) is 4.09. The molecule has 0 spiro atoms. The van der Waals surface area contributed by atoms with Crippen molar-refractivity contribution in [2.75, 3.05) is 11.9 Å². The molecule has 1 heterocycles. The second kappa shape index (κ2) is 4.84. The lowest BCUT2D eigenvalue weighted by Crippen LogP contribution is -2.12. The van der Waals surface area contributed by atoms with Crippen molar-refractivity contribution in [3.63, 3.8) is 0 Å². The summed E-state index contributed by atoms with van der Waals surface area (Å²) in [6.45, 7) is 15.9. The Morgan fingerprint density at radius 1 is 1.26 bits per heavy atom. The van der Waals surface area contributed by atoms with Crippen molar-refractivity contribution in [3.8, 4) is 0 Å². The van der Waals surface area contributed by atoms with Crippen LogP contribution in [0.2, 0.25) is 0 Å². The van der Waals surface area contributed by atoms with Crippen molar-refractivity contribution >= 4 is 5.95 Å². The van der Waals surface area contributed by atoms with E-state index in [9.17, 15) is 0 Å². The van der Waals surface area contributed by atoms with Crippen LogP contribution in [0.1, 0.15) is 53.2 Å². The van der Waals surface area contributed by atoms with E-state index < -0.39 is 0 Å². The zero-order valence-electron chi connectivity index (χ0n) is 13.4. The molecule has 1 aliphatic carbocycles. The Balaban J connectivity index is 1.97. The van der Waals surface area contributed by atoms with E-state index in [1.54, 1.807) is 0 Å². The van der Waals surface area contributed by atoms with E-state index in [-0.39, 0.29) is 0 Å². The van der Waals surface area contributed by atoms with Crippen molar-refractivity contribution in [2.24, 2.45) is 16.7 Å². The molecule has 1 N–H and O–H groups in total. The van der Waals surface area contributed by atoms with Gasteiger partial charge in [-0.05, 0) is 30.1 Å². The molecule has 0 aromatic carbocycles. The minimum atomic E-state index is 0.440. The van der Waals surface area contributed by atoms with E-state index in [2.05, 4.69) is 62.6 Å². The van der Waals surface area contributed by atoms with Crippen LogP contribution in [0.25, 0.3) is 0 Å². The summed E-state index contributed by atoms with van der Waals surface area (Å²) in [5, 5.41) is 3.57. The SMILES string of the molecule is CCCCn1cc(C)nc1NCC1C(C)(C)C1(C)C. The van der Waals surface area contributed by atoms with E-state index in [4.69, 9.17) is 0 Å². The Morgan fingerprint density at radius 2 is 1.89 bits per heavy atom. The maximum Gasteiger partial charge on any atom is 0.203 e. The monoisotopic (exact) mass is 263 g/mol. The van der Waals surface area contributed by atoms with E-state index in [1.807, 2.05) is 0 Å². The van der Waals surface area contributed by atoms with Crippen LogP contribution in [0, 0.1) is 23.7 Å². The lowest BCUT2D eigenvalue weighted by molar-refractivity contribution is 0.457. The molecule has 3 nitrogen and oxygen atoms in total. The van der Waals surface area contributed by atoms with Gasteiger partial charge in [0, 0.05) is 19.3 Å². The van der Waals surface area contributed by atoms with E-state index >= 15 is 0 Å². The predicted molar refractivity (Wildman–Crippen MR) is 81.4 cm³/mol. The lowest BCUT2D eigenvalue weighted by Gasteiger charge is -2.10. The molecule has 1 aromatic rings. The summed E-state index contributed by atoms with van der Waals surface area (Å²) in [5.74, 6) is 1.78. The summed E-state index contributed by atoms with van der Waals surface area (Å²) in [6.07, 6.45) is 4.59. The molecular weight excluding hydrogens is 234 g/mol. The highest BCUT2D eigenvalue weighted by molar-refractivity contribution is 5.30. The number of aryl methyl sites for hydroxylation is 2. The molecule has 0 amide bonds. The highest BCUT2D eigenvalue weighted by atomic mass is 15.2. The van der Waals surface area contributed by atoms with Gasteiger partial charge in [-0.15, -0.1) is 0 Å². The van der Waals surface area contributed by atoms with Crippen molar-refractivity contribution in [2.45, 2.75) is 60.9 Å². The van der Waals surface area contributed by atoms with Gasteiger partial charge in [0.2, 0.25) is 5.95 Å². The summed E-state index contributed by atoms with van der Waals surface area (Å²) >= 11 is 0. The molecule has 0 atom stereocenters. The van der Waals surface area contributed by atoms with Gasteiger partial charge in [0.25, 0.3) is 0 Å². The third-order valence-corrected chi connectivity index (χ3v) is 5.43. The fraction of sp³-hybridized carbons (Fsp3) is 0.812. The highest BCUT2D eigenvalue weighted by Gasteiger charge is 2.64. The van der Waals surface area contributed by atoms with E-state index in [0.717, 1.165) is 30.6 Å². The summed E-state index contributed by atoms with van der Waals surface area (Å²) in [7, 11) is 0. The topological polar surface area (TPSA) is 29.9 Å². The number of aromatic nitrogens is 2. The first kappa shape index (κ1) is 14.4. The average molecular weight is 263 g/mol. The molecule has 0 aliphatic heterocycles. The minimum absolute atomic E-state index is 0.440. The number of rotatable bonds is 6. The van der Waals surface area contributed by atoms with Gasteiger partial charge in [-0.3, -0.25) is 0 Å². The Kier molecular flexibility index (Phi) is 3.67. The molecule has 1 aromatic heterocycles. The number of anilines is 1. The lowest BCUT2D eigenvalue weighted by atomic mass is 10.0. The van der Waals surface area contributed by atoms with Crippen molar-refractivity contribution in [1.29, 1.82) is 0 Å². The molecule has 1 saturated carbocycles. The van der Waals surface area contributed by atoms with Crippen LogP contribution in [0.4, 0.5) is 5.95 Å². The first-order valence-electron chi connectivity index (χ1n) is 7.58. The molecule has 3 heteroatoms. The largest absolute Gasteiger partial charge is 0.355 e. The van der Waals surface area contributed by atoms with Crippen molar-refractivity contribution in [1.82, 2.24) is 9.55 Å². The maximum absolute atomic E-state index is 4.61. The van der Waals surface area contributed by atoms with Gasteiger partial charge >= 0.3 is 0 Å². The second-order valence-corrected chi connectivity index (χ2v) is 7.13. The zero-order valence-corrected chi connectivity index (χ0v) is 13.4. The molecule has 108 valence electrons. The third-order valence-electron chi connectivity index (χ3n) is 5.43. The number of nitrogens with zero attached hydrogens (tertiary/aromatic N) is 2. The van der Waals surface area contributed by atoms with Gasteiger partial charge in [0.15, 0.2) is 0 Å². The van der Waals surface area contributed by atoms with E-state index in [1.165, 1.54) is 12.8 Å². The average Bonchev–Trinajstić information content (AvgIpc) is 2.60. The van der Waals surface area contributed by atoms with Gasteiger partial charge < -0.3 is 9.88 Å². The Morgan fingerprint density at radius 3 is 2.42 bits per heavy atom. The van der Waals surface area contributed by atoms with Crippen LogP contribution in [-0.4, -0.2) is 16.1 Å². The van der Waals surface area contributed by atoms with Crippen LogP contribution in [0.15, 0.2) is 6.20 Å². The van der Waals surface area contributed by atoms with Crippen molar-refractivity contribution in [3.05, 3.63) is 11.9 Å². The third kappa shape index (κ3) is 2.52. The fourth-order valence-corrected chi connectivity index (χ4v) is 3.22. The second-order valence-electron chi connectivity index (χ2n) is 7.13. The summed E-state index contributed by atoms with van der Waals surface area (Å²) < 4.78 is 2.27. The number of nitrogens with one attached hydrogen (secondary N) is 1. The summed E-state index contributed by atoms with van der Waals surface area (Å²) in [6, 6.07) is 0. The molecular formula is C16H29N3. The molecule has 0 saturated heterocycles. The molecule has 0 unspecified atom stereocenters. The van der Waals surface area contributed by atoms with Crippen LogP contribution in [-0.2, 0) is 6.54 Å². The first-order chi connectivity index (χ1) is 8.80. The van der Waals surface area contributed by atoms with Crippen LogP contribution in [0.3, 0.4) is 0 Å². The minimum Gasteiger partial charge on any atom is -0.355 e. The van der Waals surface area contributed by atoms with Crippen LogP contribution >= 0.6 is 0 Å². The molecule has 2 rings (SSSR count). The molecule has 0 bridgehead atoms. The van der Waals surface area contributed by atoms with Crippen molar-refractivity contribution < 1.29 is 0 Å². The number of imidazole rings is 1. The smallest absolute Gasteiger partial charge is 0.203 e. The first-order valence-corrected chi connectivity index (χ1v) is 7.58. The fourth-order valence-electron chi connectivity index (χ4n) is 3.22. The summed E-state index contributed by atoms with van der Waals surface area (Å²) in [5.41, 5.74) is 1.99. The molecule has 19 heavy (non-hydrogen) atoms. The van der Waals surface area contributed by atoms with Gasteiger partial charge in [0.05, 0.1) is 5.69 Å². The molecule has 0 radical (unpaired) electrons. The van der Waals surface area contributed by atoms with Crippen LogP contribution < -0.4 is 5.32 Å². The Hall–Kier alpha value is -0.990. The van der Waals surface area contributed by atoms with Gasteiger partial charge in [-0.2, -0.15) is 0 Å². The normalized spacial score (nSPS) is 20.5. The summed E-state index contributed by atoms with van der Waals surface area (Å²) in [4.78, 5) is 4.61. The molecule has 1 fully saturated rings. The number of hydrogen-bond donors (Lipinski definition) is 1. The van der Waals surface area contributed by atoms with Gasteiger partial charge in [-0.25, -0.2) is 4.98 Å². The molecule has 1 aliphatic rings. The Labute approximate surface area is 117 Å². The maximum atomic E-state index is 4.61. The van der Waals surface area contributed by atoms with Gasteiger partial charge in [0.1, 0.15) is 0 Å². The number of unbranched alkanes of at least 4 members (excludes halogenated alkanes) is 1. The zero-order chi connectivity index (χ0) is 14.3. The van der Waals surface area contributed by atoms with Crippen LogP contribution in [0.5, 0.6) is 0 Å². The number of hydrogen-bond acceptors (Lipinski definition) is 2. The van der Waals surface area contributed by atoms with E-state index in [0.29, 0.717) is 10.8 Å².